The molecule has 0 amide bonds. The molecule has 0 radical (unpaired) electrons. The van der Waals surface area contributed by atoms with Crippen LogP contribution in [-0.4, -0.2) is 14.6 Å². The smallest absolute Gasteiger partial charge is 0.199 e. The molecule has 0 bridgehead atoms. The summed E-state index contributed by atoms with van der Waals surface area (Å²) in [4.78, 5) is 0. The lowest BCUT2D eigenvalue weighted by atomic mass is 10.5. The van der Waals surface area contributed by atoms with Crippen molar-refractivity contribution in [3.8, 4) is 0 Å². The SMILES string of the molecule is Fc1ccc2n[nH]c(=S)n2c1. The minimum absolute atomic E-state index is 0.324. The first-order chi connectivity index (χ1) is 5.27. The Hall–Kier alpha value is -1.23. The Balaban J connectivity index is 2.99. The van der Waals surface area contributed by atoms with E-state index >= 15 is 0 Å². The number of fused-ring (bicyclic) bond motifs is 1. The van der Waals surface area contributed by atoms with Crippen molar-refractivity contribution < 1.29 is 4.39 Å². The van der Waals surface area contributed by atoms with Crippen LogP contribution in [0.1, 0.15) is 0 Å². The molecule has 0 saturated heterocycles. The second-order valence-corrected chi connectivity index (χ2v) is 2.49. The minimum atomic E-state index is -0.324. The maximum Gasteiger partial charge on any atom is 0.199 e. The molecule has 2 rings (SSSR count). The van der Waals surface area contributed by atoms with Gasteiger partial charge < -0.3 is 0 Å². The van der Waals surface area contributed by atoms with Gasteiger partial charge in [0.05, 0.1) is 0 Å². The van der Waals surface area contributed by atoms with Gasteiger partial charge in [-0.3, -0.25) is 9.50 Å². The van der Waals surface area contributed by atoms with Crippen molar-refractivity contribution >= 4 is 17.9 Å². The van der Waals surface area contributed by atoms with Gasteiger partial charge >= 0.3 is 0 Å². The molecule has 1 N–H and O–H groups in total. The van der Waals surface area contributed by atoms with E-state index in [9.17, 15) is 4.39 Å². The second kappa shape index (κ2) is 2.13. The molecule has 0 unspecified atom stereocenters. The van der Waals surface area contributed by atoms with Crippen molar-refractivity contribution in [3.63, 3.8) is 0 Å². The van der Waals surface area contributed by atoms with Crippen LogP contribution in [0.3, 0.4) is 0 Å². The molecule has 0 atom stereocenters. The van der Waals surface area contributed by atoms with Gasteiger partial charge in [-0.15, -0.1) is 0 Å². The first-order valence-corrected chi connectivity index (χ1v) is 3.40. The molecule has 2 heterocycles. The lowest BCUT2D eigenvalue weighted by Gasteiger charge is -1.89. The predicted molar refractivity (Wildman–Crippen MR) is 40.3 cm³/mol. The van der Waals surface area contributed by atoms with Crippen LogP contribution in [0.4, 0.5) is 4.39 Å². The quantitative estimate of drug-likeness (QED) is 0.607. The zero-order chi connectivity index (χ0) is 7.84. The van der Waals surface area contributed by atoms with E-state index in [1.165, 1.54) is 16.7 Å². The molecule has 3 nitrogen and oxygen atoms in total. The van der Waals surface area contributed by atoms with Crippen LogP contribution in [0.5, 0.6) is 0 Å². The van der Waals surface area contributed by atoms with Crippen molar-refractivity contribution in [2.24, 2.45) is 0 Å². The average Bonchev–Trinajstić information content (AvgIpc) is 2.33. The van der Waals surface area contributed by atoms with E-state index in [0.717, 1.165) is 0 Å². The molecular weight excluding hydrogens is 165 g/mol. The van der Waals surface area contributed by atoms with Gasteiger partial charge in [0.15, 0.2) is 10.4 Å². The lowest BCUT2D eigenvalue weighted by molar-refractivity contribution is 0.619. The number of nitrogens with one attached hydrogen (secondary N) is 1. The molecule has 5 heteroatoms. The standard InChI is InChI=1S/C6H4FN3S/c7-4-1-2-5-8-9-6(11)10(5)3-4/h1-3H,(H,9,11). The molecule has 2 aromatic rings. The summed E-state index contributed by atoms with van der Waals surface area (Å²) >= 11 is 4.82. The highest BCUT2D eigenvalue weighted by Crippen LogP contribution is 2.01. The fourth-order valence-electron chi connectivity index (χ4n) is 0.880. The van der Waals surface area contributed by atoms with Crippen molar-refractivity contribution in [2.45, 2.75) is 0 Å². The van der Waals surface area contributed by atoms with Gasteiger partial charge in [-0.2, -0.15) is 5.10 Å². The summed E-state index contributed by atoms with van der Waals surface area (Å²) < 4.78 is 14.5. The van der Waals surface area contributed by atoms with Crippen LogP contribution in [0, 0.1) is 10.6 Å². The zero-order valence-corrected chi connectivity index (χ0v) is 6.23. The number of hydrogen-bond donors (Lipinski definition) is 1. The van der Waals surface area contributed by atoms with Gasteiger partial charge in [-0.05, 0) is 24.4 Å². The number of aromatic nitrogens is 3. The Morgan fingerprint density at radius 2 is 2.36 bits per heavy atom. The summed E-state index contributed by atoms with van der Waals surface area (Å²) in [6.45, 7) is 0. The zero-order valence-electron chi connectivity index (χ0n) is 5.41. The summed E-state index contributed by atoms with van der Waals surface area (Å²) in [7, 11) is 0. The number of pyridine rings is 1. The van der Waals surface area contributed by atoms with E-state index in [2.05, 4.69) is 10.2 Å². The third-order valence-electron chi connectivity index (χ3n) is 1.38. The highest BCUT2D eigenvalue weighted by Gasteiger charge is 1.96. The maximum absolute atomic E-state index is 12.6. The Labute approximate surface area is 66.5 Å². The fraction of sp³-hybridized carbons (Fsp3) is 0. The van der Waals surface area contributed by atoms with Crippen LogP contribution < -0.4 is 0 Å². The Kier molecular flexibility index (Phi) is 1.25. The van der Waals surface area contributed by atoms with Crippen molar-refractivity contribution in [1.82, 2.24) is 14.6 Å². The summed E-state index contributed by atoms with van der Waals surface area (Å²) in [5.41, 5.74) is 0.622. The third kappa shape index (κ3) is 0.932. The largest absolute Gasteiger partial charge is 0.273 e. The van der Waals surface area contributed by atoms with Crippen LogP contribution in [0.2, 0.25) is 0 Å². The van der Waals surface area contributed by atoms with Gasteiger partial charge in [0.1, 0.15) is 5.82 Å². The number of rotatable bonds is 0. The molecule has 0 aromatic carbocycles. The molecule has 56 valence electrons. The summed E-state index contributed by atoms with van der Waals surface area (Å²) in [5, 5.41) is 6.39. The van der Waals surface area contributed by atoms with E-state index in [0.29, 0.717) is 10.4 Å². The molecule has 0 aliphatic carbocycles. The fourth-order valence-corrected chi connectivity index (χ4v) is 1.07. The first-order valence-electron chi connectivity index (χ1n) is 3.00. The monoisotopic (exact) mass is 169 g/mol. The second-order valence-electron chi connectivity index (χ2n) is 2.10. The topological polar surface area (TPSA) is 33.1 Å². The van der Waals surface area contributed by atoms with Crippen molar-refractivity contribution in [1.29, 1.82) is 0 Å². The number of halogens is 1. The molecule has 2 aromatic heterocycles. The highest BCUT2D eigenvalue weighted by molar-refractivity contribution is 7.71. The molecule has 0 fully saturated rings. The predicted octanol–water partition coefficient (Wildman–Crippen LogP) is 1.53. The van der Waals surface area contributed by atoms with Crippen LogP contribution in [0.15, 0.2) is 18.3 Å². The maximum atomic E-state index is 12.6. The van der Waals surface area contributed by atoms with E-state index < -0.39 is 0 Å². The average molecular weight is 169 g/mol. The molecule has 0 aliphatic rings. The van der Waals surface area contributed by atoms with Crippen molar-refractivity contribution in [2.75, 3.05) is 0 Å². The highest BCUT2D eigenvalue weighted by atomic mass is 32.1. The van der Waals surface area contributed by atoms with E-state index in [1.807, 2.05) is 0 Å². The normalized spacial score (nSPS) is 10.6. The van der Waals surface area contributed by atoms with Gasteiger partial charge in [-0.25, -0.2) is 4.39 Å². The number of nitrogens with zero attached hydrogens (tertiary/aromatic N) is 2. The lowest BCUT2D eigenvalue weighted by Crippen LogP contribution is -1.85. The van der Waals surface area contributed by atoms with Gasteiger partial charge in [0, 0.05) is 6.20 Å². The van der Waals surface area contributed by atoms with E-state index in [-0.39, 0.29) is 5.82 Å². The van der Waals surface area contributed by atoms with Crippen LogP contribution in [0.25, 0.3) is 5.65 Å². The van der Waals surface area contributed by atoms with Gasteiger partial charge in [0.25, 0.3) is 0 Å². The molecule has 0 saturated carbocycles. The summed E-state index contributed by atoms with van der Waals surface area (Å²) in [6, 6.07) is 2.90. The Bertz CT molecular complexity index is 444. The Morgan fingerprint density at radius 3 is 3.18 bits per heavy atom. The number of hydrogen-bond acceptors (Lipinski definition) is 2. The van der Waals surface area contributed by atoms with Crippen molar-refractivity contribution in [3.05, 3.63) is 28.9 Å². The van der Waals surface area contributed by atoms with Gasteiger partial charge in [0.2, 0.25) is 0 Å². The first kappa shape index (κ1) is 6.48. The van der Waals surface area contributed by atoms with Crippen LogP contribution in [-0.2, 0) is 0 Å². The summed E-state index contributed by atoms with van der Waals surface area (Å²) in [6.07, 6.45) is 1.29. The molecule has 11 heavy (non-hydrogen) atoms. The summed E-state index contributed by atoms with van der Waals surface area (Å²) in [5.74, 6) is -0.324. The number of aromatic amines is 1. The van der Waals surface area contributed by atoms with E-state index in [4.69, 9.17) is 12.2 Å². The number of H-pyrrole nitrogens is 1. The van der Waals surface area contributed by atoms with E-state index in [1.54, 1.807) is 6.07 Å². The minimum Gasteiger partial charge on any atom is -0.273 e. The molecular formula is C6H4FN3S. The Morgan fingerprint density at radius 1 is 1.55 bits per heavy atom. The van der Waals surface area contributed by atoms with Crippen LogP contribution >= 0.6 is 12.2 Å². The third-order valence-corrected chi connectivity index (χ3v) is 1.66. The molecule has 0 spiro atoms. The molecule has 0 aliphatic heterocycles. The van der Waals surface area contributed by atoms with Gasteiger partial charge in [-0.1, -0.05) is 0 Å².